The summed E-state index contributed by atoms with van der Waals surface area (Å²) in [4.78, 5) is 37.3. The molecule has 1 aromatic heterocycles. The van der Waals surface area contributed by atoms with E-state index in [-0.39, 0.29) is 42.5 Å². The molecule has 0 aliphatic rings. The van der Waals surface area contributed by atoms with Crippen LogP contribution in [0.4, 0.5) is 0 Å². The molecule has 0 fully saturated rings. The van der Waals surface area contributed by atoms with Gasteiger partial charge in [-0.05, 0) is 37.6 Å². The van der Waals surface area contributed by atoms with Crippen molar-refractivity contribution in [2.24, 2.45) is 0 Å². The van der Waals surface area contributed by atoms with Crippen LogP contribution in [-0.4, -0.2) is 48.3 Å². The van der Waals surface area contributed by atoms with Crippen molar-refractivity contribution >= 4 is 29.3 Å². The minimum Gasteiger partial charge on any atom is -0.464 e. The molecule has 0 saturated heterocycles. The van der Waals surface area contributed by atoms with Gasteiger partial charge >= 0.3 is 11.9 Å². The lowest BCUT2D eigenvalue weighted by atomic mass is 10.1. The fourth-order valence-electron chi connectivity index (χ4n) is 2.63. The van der Waals surface area contributed by atoms with E-state index in [1.165, 1.54) is 14.2 Å². The molecule has 0 atom stereocenters. The minimum absolute atomic E-state index is 0.0249. The highest BCUT2D eigenvalue weighted by Gasteiger charge is 2.29. The van der Waals surface area contributed by atoms with Gasteiger partial charge in [0.05, 0.1) is 20.3 Å². The summed E-state index contributed by atoms with van der Waals surface area (Å²) in [6.07, 6.45) is 0. The number of aromatic nitrogens is 2. The van der Waals surface area contributed by atoms with Gasteiger partial charge in [-0.15, -0.1) is 0 Å². The SMILES string of the molecule is CCOC(=O)c1c(COC)c(C(=O)OC)nn1CC(=O)c1ccc(Cl)c(C)c1. The van der Waals surface area contributed by atoms with E-state index in [4.69, 9.17) is 25.8 Å². The Hall–Kier alpha value is -2.71. The lowest BCUT2D eigenvalue weighted by molar-refractivity contribution is 0.0507. The van der Waals surface area contributed by atoms with Crippen LogP contribution >= 0.6 is 11.6 Å². The molecule has 0 spiro atoms. The highest BCUT2D eigenvalue weighted by atomic mass is 35.5. The average Bonchev–Trinajstić information content (AvgIpc) is 3.01. The van der Waals surface area contributed by atoms with E-state index < -0.39 is 11.9 Å². The molecule has 0 aliphatic carbocycles. The summed E-state index contributed by atoms with van der Waals surface area (Å²) in [5.74, 6) is -1.77. The number of aryl methyl sites for hydroxylation is 1. The number of ketones is 1. The number of carbonyl (C=O) groups excluding carboxylic acids is 3. The summed E-state index contributed by atoms with van der Waals surface area (Å²) < 4.78 is 16.0. The van der Waals surface area contributed by atoms with E-state index >= 15 is 0 Å². The topological polar surface area (TPSA) is 96.7 Å². The Morgan fingerprint density at radius 3 is 2.46 bits per heavy atom. The van der Waals surface area contributed by atoms with Crippen molar-refractivity contribution in [3.8, 4) is 0 Å². The number of esters is 2. The molecule has 0 saturated carbocycles. The summed E-state index contributed by atoms with van der Waals surface area (Å²) in [7, 11) is 2.61. The van der Waals surface area contributed by atoms with Crippen molar-refractivity contribution in [1.82, 2.24) is 9.78 Å². The summed E-state index contributed by atoms with van der Waals surface area (Å²) in [6, 6.07) is 4.85. The fourth-order valence-corrected chi connectivity index (χ4v) is 2.75. The zero-order chi connectivity index (χ0) is 20.8. The van der Waals surface area contributed by atoms with Crippen LogP contribution in [0.3, 0.4) is 0 Å². The van der Waals surface area contributed by atoms with Gasteiger partial charge in [-0.1, -0.05) is 11.6 Å². The number of carbonyl (C=O) groups is 3. The summed E-state index contributed by atoms with van der Waals surface area (Å²) in [5.41, 5.74) is 1.22. The van der Waals surface area contributed by atoms with Crippen LogP contribution in [0.1, 0.15) is 49.4 Å². The predicted molar refractivity (Wildman–Crippen MR) is 101 cm³/mol. The molecular formula is C19H21ClN2O6. The first-order valence-corrected chi connectivity index (χ1v) is 8.85. The van der Waals surface area contributed by atoms with Crippen molar-refractivity contribution < 1.29 is 28.6 Å². The van der Waals surface area contributed by atoms with E-state index in [0.29, 0.717) is 10.6 Å². The van der Waals surface area contributed by atoms with Crippen LogP contribution in [-0.2, 0) is 27.4 Å². The van der Waals surface area contributed by atoms with Gasteiger partial charge in [0.1, 0.15) is 6.54 Å². The molecule has 8 nitrogen and oxygen atoms in total. The number of rotatable bonds is 8. The van der Waals surface area contributed by atoms with Crippen molar-refractivity contribution in [3.05, 3.63) is 51.3 Å². The maximum atomic E-state index is 12.7. The third-order valence-electron chi connectivity index (χ3n) is 3.96. The molecule has 1 heterocycles. The van der Waals surface area contributed by atoms with Crippen molar-refractivity contribution in [2.75, 3.05) is 20.8 Å². The fraction of sp³-hybridized carbons (Fsp3) is 0.368. The van der Waals surface area contributed by atoms with Gasteiger partial charge < -0.3 is 14.2 Å². The number of nitrogens with zero attached hydrogens (tertiary/aromatic N) is 2. The Bertz CT molecular complexity index is 906. The molecule has 0 N–H and O–H groups in total. The maximum absolute atomic E-state index is 12.7. The Kier molecular flexibility index (Phi) is 7.31. The van der Waals surface area contributed by atoms with Gasteiger partial charge in [0.2, 0.25) is 0 Å². The molecule has 0 aliphatic heterocycles. The third kappa shape index (κ3) is 4.58. The first kappa shape index (κ1) is 21.6. The Morgan fingerprint density at radius 1 is 1.18 bits per heavy atom. The van der Waals surface area contributed by atoms with Gasteiger partial charge in [-0.25, -0.2) is 14.3 Å². The molecule has 0 radical (unpaired) electrons. The van der Waals surface area contributed by atoms with Gasteiger partial charge in [0.15, 0.2) is 17.2 Å². The Balaban J connectivity index is 2.51. The van der Waals surface area contributed by atoms with Crippen molar-refractivity contribution in [2.45, 2.75) is 27.0 Å². The molecule has 2 aromatic rings. The van der Waals surface area contributed by atoms with Crippen LogP contribution in [0.15, 0.2) is 18.2 Å². The Morgan fingerprint density at radius 2 is 1.89 bits per heavy atom. The first-order valence-electron chi connectivity index (χ1n) is 8.47. The standard InChI is InChI=1S/C19H21ClN2O6/c1-5-28-19(25)17-13(10-26-3)16(18(24)27-4)21-22(17)9-15(23)12-6-7-14(20)11(2)8-12/h6-8H,5,9-10H2,1-4H3. The number of methoxy groups -OCH3 is 2. The number of ether oxygens (including phenoxy) is 3. The lowest BCUT2D eigenvalue weighted by Crippen LogP contribution is -2.19. The molecule has 0 amide bonds. The van der Waals surface area contributed by atoms with Crippen LogP contribution in [0.5, 0.6) is 0 Å². The van der Waals surface area contributed by atoms with E-state index in [0.717, 1.165) is 10.2 Å². The van der Waals surface area contributed by atoms with Crippen LogP contribution in [0.2, 0.25) is 5.02 Å². The van der Waals surface area contributed by atoms with Gasteiger partial charge in [0, 0.05) is 23.3 Å². The average molecular weight is 409 g/mol. The second-order valence-electron chi connectivity index (χ2n) is 5.87. The summed E-state index contributed by atoms with van der Waals surface area (Å²) >= 11 is 6.00. The molecule has 1 aromatic carbocycles. The number of hydrogen-bond donors (Lipinski definition) is 0. The summed E-state index contributed by atoms with van der Waals surface area (Å²) in [5, 5.41) is 4.66. The molecule has 28 heavy (non-hydrogen) atoms. The van der Waals surface area contributed by atoms with E-state index in [2.05, 4.69) is 5.10 Å². The highest BCUT2D eigenvalue weighted by Crippen LogP contribution is 2.21. The molecule has 0 bridgehead atoms. The smallest absolute Gasteiger partial charge is 0.358 e. The van der Waals surface area contributed by atoms with E-state index in [1.54, 1.807) is 32.0 Å². The van der Waals surface area contributed by atoms with Crippen molar-refractivity contribution in [1.29, 1.82) is 0 Å². The molecule has 150 valence electrons. The zero-order valence-electron chi connectivity index (χ0n) is 16.1. The molecule has 2 rings (SSSR count). The van der Waals surface area contributed by atoms with E-state index in [9.17, 15) is 14.4 Å². The minimum atomic E-state index is -0.744. The van der Waals surface area contributed by atoms with E-state index in [1.807, 2.05) is 0 Å². The number of benzene rings is 1. The maximum Gasteiger partial charge on any atom is 0.358 e. The second-order valence-corrected chi connectivity index (χ2v) is 6.27. The lowest BCUT2D eigenvalue weighted by Gasteiger charge is -2.09. The molecule has 9 heteroatoms. The normalized spacial score (nSPS) is 10.6. The number of Topliss-reactive ketones (excluding diaryl/α,β-unsaturated/α-hetero) is 1. The quantitative estimate of drug-likeness (QED) is 0.489. The van der Waals surface area contributed by atoms with Gasteiger partial charge in [0.25, 0.3) is 0 Å². The number of halogens is 1. The number of hydrogen-bond acceptors (Lipinski definition) is 7. The monoisotopic (exact) mass is 408 g/mol. The van der Waals surface area contributed by atoms with Crippen LogP contribution in [0.25, 0.3) is 0 Å². The highest BCUT2D eigenvalue weighted by molar-refractivity contribution is 6.31. The van der Waals surface area contributed by atoms with Crippen molar-refractivity contribution in [3.63, 3.8) is 0 Å². The second kappa shape index (κ2) is 9.48. The largest absolute Gasteiger partial charge is 0.464 e. The zero-order valence-corrected chi connectivity index (χ0v) is 16.8. The Labute approximate surface area is 167 Å². The summed E-state index contributed by atoms with van der Waals surface area (Å²) in [6.45, 7) is 3.20. The third-order valence-corrected chi connectivity index (χ3v) is 4.38. The first-order chi connectivity index (χ1) is 13.3. The van der Waals surface area contributed by atoms with Crippen LogP contribution < -0.4 is 0 Å². The molecule has 0 unspecified atom stereocenters. The van der Waals surface area contributed by atoms with Gasteiger partial charge in [-0.3, -0.25) is 4.79 Å². The van der Waals surface area contributed by atoms with Crippen LogP contribution in [0, 0.1) is 6.92 Å². The predicted octanol–water partition coefficient (Wildman–Crippen LogP) is 2.84. The van der Waals surface area contributed by atoms with Gasteiger partial charge in [-0.2, -0.15) is 5.10 Å². The molecular weight excluding hydrogens is 388 g/mol.